The lowest BCUT2D eigenvalue weighted by Gasteiger charge is -2.03. The van der Waals surface area contributed by atoms with E-state index in [1.807, 2.05) is 0 Å². The van der Waals surface area contributed by atoms with Gasteiger partial charge in [-0.3, -0.25) is 5.26 Å². The summed E-state index contributed by atoms with van der Waals surface area (Å²) in [6, 6.07) is 0. The number of aliphatic hydroxyl groups is 1. The molecule has 0 aromatic rings. The fourth-order valence-corrected chi connectivity index (χ4v) is 0.444. The van der Waals surface area contributed by atoms with Gasteiger partial charge in [0.1, 0.15) is 6.61 Å². The second kappa shape index (κ2) is 29.7. The van der Waals surface area contributed by atoms with Crippen molar-refractivity contribution in [3.05, 3.63) is 23.1 Å². The van der Waals surface area contributed by atoms with Gasteiger partial charge < -0.3 is 9.84 Å². The van der Waals surface area contributed by atoms with Crippen LogP contribution in [-0.2, 0) is 9.62 Å². The third-order valence-corrected chi connectivity index (χ3v) is 0.952. The molecule has 0 aliphatic carbocycles. The molecule has 0 aromatic carbocycles. The van der Waals surface area contributed by atoms with Crippen molar-refractivity contribution < 1.29 is 20.0 Å². The van der Waals surface area contributed by atoms with Gasteiger partial charge in [-0.1, -0.05) is 33.5 Å². The van der Waals surface area contributed by atoms with Crippen LogP contribution < -0.4 is 0 Å². The van der Waals surface area contributed by atoms with Gasteiger partial charge in [0.15, 0.2) is 0 Å². The number of hydrogen-bond acceptors (Lipinski definition) is 5. The first-order chi connectivity index (χ1) is 7.18. The molecule has 2 N–H and O–H groups in total. The van der Waals surface area contributed by atoms with Gasteiger partial charge in [-0.25, -0.2) is 4.89 Å². The number of rotatable bonds is 7. The van der Waals surface area contributed by atoms with Crippen LogP contribution in [0.25, 0.3) is 10.4 Å². The maximum absolute atomic E-state index is 8.62. The summed E-state index contributed by atoms with van der Waals surface area (Å²) in [7, 11) is 0. The second-order valence-corrected chi connectivity index (χ2v) is 2.46. The molecule has 0 amide bonds. The van der Waals surface area contributed by atoms with Crippen molar-refractivity contribution in [2.75, 3.05) is 26.4 Å². The summed E-state index contributed by atoms with van der Waals surface area (Å²) in [5.74, 6) is 0. The Hall–Kier alpha value is -1.11. The maximum Gasteiger partial charge on any atom is 0.105 e. The van der Waals surface area contributed by atoms with Crippen LogP contribution in [0.3, 0.4) is 0 Å². The number of azide groups is 1. The predicted octanol–water partition coefficient (Wildman–Crippen LogP) is 3.26. The zero-order valence-electron chi connectivity index (χ0n) is 8.74. The van der Waals surface area contributed by atoms with Crippen LogP contribution in [0, 0.1) is 0 Å². The van der Waals surface area contributed by atoms with Crippen molar-refractivity contribution in [2.24, 2.45) is 5.11 Å². The van der Waals surface area contributed by atoms with Crippen LogP contribution in [0.2, 0.25) is 0 Å². The van der Waals surface area contributed by atoms with Crippen LogP contribution in [0.15, 0.2) is 17.8 Å². The monoisotopic (exact) mass is 267 g/mol. The van der Waals surface area contributed by atoms with Crippen LogP contribution in [-0.4, -0.2) is 42.8 Å². The molecule has 0 aliphatic rings. The highest BCUT2D eigenvalue weighted by Gasteiger charge is 1.93. The van der Waals surface area contributed by atoms with Gasteiger partial charge in [-0.05, 0) is 12.5 Å². The highest BCUT2D eigenvalue weighted by molar-refractivity contribution is 4.68. The van der Waals surface area contributed by atoms with Crippen molar-refractivity contribution in [3.63, 3.8) is 0 Å². The Kier molecular flexibility index (Phi) is 49.8. The van der Waals surface area contributed by atoms with Gasteiger partial charge >= 0.3 is 0 Å². The van der Waals surface area contributed by atoms with E-state index < -0.39 is 6.10 Å². The van der Waals surface area contributed by atoms with Gasteiger partial charge in [0.2, 0.25) is 0 Å². The Bertz CT molecular complexity index is 183. The number of hydrogen-bond donors (Lipinski definition) is 2. The Morgan fingerprint density at radius 3 is 2.22 bits per heavy atom. The summed E-state index contributed by atoms with van der Waals surface area (Å²) in [4.78, 5) is 6.20. The Morgan fingerprint density at radius 2 is 1.94 bits per heavy atom. The lowest BCUT2D eigenvalue weighted by Crippen LogP contribution is -2.12. The van der Waals surface area contributed by atoms with E-state index in [0.717, 1.165) is 0 Å². The van der Waals surface area contributed by atoms with Gasteiger partial charge in [0, 0.05) is 11.5 Å². The van der Waals surface area contributed by atoms with E-state index in [4.69, 9.17) is 20.6 Å². The molecule has 0 heterocycles. The molecule has 7 nitrogen and oxygen atoms in total. The summed E-state index contributed by atoms with van der Waals surface area (Å²) in [5.41, 5.74) is 7.61. The first-order valence-electron chi connectivity index (χ1n) is 4.33. The zero-order chi connectivity index (χ0) is 11.9. The molecule has 0 saturated carbocycles. The van der Waals surface area contributed by atoms with E-state index in [1.165, 1.54) is 0 Å². The van der Waals surface area contributed by atoms with E-state index in [2.05, 4.69) is 21.5 Å². The van der Waals surface area contributed by atoms with E-state index in [0.29, 0.717) is 13.2 Å². The van der Waals surface area contributed by atoms with Gasteiger partial charge in [0.25, 0.3) is 0 Å². The lowest BCUT2D eigenvalue weighted by molar-refractivity contribution is -0.249. The minimum Gasteiger partial charge on any atom is -0.391 e. The van der Waals surface area contributed by atoms with E-state index in [-0.39, 0.29) is 35.5 Å². The Morgan fingerprint density at radius 1 is 1.39 bits per heavy atom. The van der Waals surface area contributed by atoms with Crippen molar-refractivity contribution in [2.45, 2.75) is 35.3 Å². The molecule has 18 heavy (non-hydrogen) atoms. The highest BCUT2D eigenvalue weighted by Crippen LogP contribution is 1.81. The molecule has 0 spiro atoms. The minimum atomic E-state index is -0.455. The first-order valence-corrected chi connectivity index (χ1v) is 4.33. The molecule has 0 saturated heterocycles. The molecule has 0 bridgehead atoms. The largest absolute Gasteiger partial charge is 0.391 e. The molecule has 1 atom stereocenters. The fourth-order valence-electron chi connectivity index (χ4n) is 0.444. The average Bonchev–Trinajstić information content (AvgIpc) is 2.22. The van der Waals surface area contributed by atoms with Crippen LogP contribution in [0.4, 0.5) is 0 Å². The Balaban J connectivity index is -0.0000000566. The van der Waals surface area contributed by atoms with Gasteiger partial charge in [0.05, 0.1) is 19.3 Å². The molecule has 0 rings (SSSR count). The molecule has 1 unspecified atom stereocenters. The molecule has 0 aromatic heterocycles. The number of ether oxygens (including phenoxy) is 1. The van der Waals surface area contributed by atoms with Crippen LogP contribution >= 0.6 is 0 Å². The first kappa shape index (κ1) is 30.2. The smallest absolute Gasteiger partial charge is 0.105 e. The molecule has 0 radical (unpaired) electrons. The molecule has 0 fully saturated rings. The SMILES string of the molecule is C.C.C.C=CCN=[N+]=[N-].CC(O)COCCOO. The Labute approximate surface area is 111 Å². The lowest BCUT2D eigenvalue weighted by atomic mass is 10.4. The predicted molar refractivity (Wildman–Crippen MR) is 75.5 cm³/mol. The second-order valence-electron chi connectivity index (χ2n) is 2.46. The van der Waals surface area contributed by atoms with Crippen molar-refractivity contribution >= 4 is 0 Å². The fraction of sp³-hybridized carbons (Fsp3) is 0.818. The standard InChI is InChI=1S/C5H12O4.C3H5N3.3CH4/c1-5(6)4-8-2-3-9-7;1-2-3-5-6-4;;;/h5-7H,2-4H2,1H3;2H,1,3H2;3*1H4. The van der Waals surface area contributed by atoms with E-state index in [9.17, 15) is 0 Å². The van der Waals surface area contributed by atoms with Gasteiger partial charge in [-0.2, -0.15) is 0 Å². The van der Waals surface area contributed by atoms with Crippen molar-refractivity contribution in [3.8, 4) is 0 Å². The van der Waals surface area contributed by atoms with Crippen molar-refractivity contribution in [1.82, 2.24) is 0 Å². The van der Waals surface area contributed by atoms with E-state index >= 15 is 0 Å². The minimum absolute atomic E-state index is 0. The normalized spacial score (nSPS) is 8.83. The molecule has 7 heteroatoms. The van der Waals surface area contributed by atoms with Crippen LogP contribution in [0.1, 0.15) is 29.2 Å². The molecule has 112 valence electrons. The van der Waals surface area contributed by atoms with Crippen molar-refractivity contribution in [1.29, 1.82) is 0 Å². The quantitative estimate of drug-likeness (QED) is 0.140. The number of aliphatic hydroxyl groups excluding tert-OH is 1. The summed E-state index contributed by atoms with van der Waals surface area (Å²) >= 11 is 0. The molecular weight excluding hydrogens is 238 g/mol. The van der Waals surface area contributed by atoms with Crippen LogP contribution in [0.5, 0.6) is 0 Å². The maximum atomic E-state index is 8.62. The third kappa shape index (κ3) is 46.1. The summed E-state index contributed by atoms with van der Waals surface area (Å²) in [6.45, 7) is 6.08. The zero-order valence-corrected chi connectivity index (χ0v) is 8.74. The van der Waals surface area contributed by atoms with Gasteiger partial charge in [-0.15, -0.1) is 6.58 Å². The average molecular weight is 267 g/mol. The summed E-state index contributed by atoms with van der Waals surface area (Å²) < 4.78 is 4.80. The topological polar surface area (TPSA) is 108 Å². The summed E-state index contributed by atoms with van der Waals surface area (Å²) in [6.07, 6.45) is 1.09. The molecular formula is C11H29N3O4. The summed E-state index contributed by atoms with van der Waals surface area (Å²) in [5, 5.41) is 19.6. The highest BCUT2D eigenvalue weighted by atomic mass is 17.1. The third-order valence-electron chi connectivity index (χ3n) is 0.952. The molecule has 0 aliphatic heterocycles. The number of nitrogens with zero attached hydrogens (tertiary/aromatic N) is 3. The van der Waals surface area contributed by atoms with E-state index in [1.54, 1.807) is 13.0 Å².